The van der Waals surface area contributed by atoms with Gasteiger partial charge in [0, 0.05) is 12.0 Å². The Morgan fingerprint density at radius 1 is 1.08 bits per heavy atom. The van der Waals surface area contributed by atoms with E-state index in [1.165, 1.54) is 4.80 Å². The first-order valence-electron chi connectivity index (χ1n) is 8.17. The molecule has 130 valence electrons. The average molecular weight is 339 g/mol. The first-order valence-corrected chi connectivity index (χ1v) is 8.17. The van der Waals surface area contributed by atoms with Crippen LogP contribution in [0.25, 0.3) is 16.7 Å². The van der Waals surface area contributed by atoms with Crippen molar-refractivity contribution in [3.63, 3.8) is 0 Å². The lowest BCUT2D eigenvalue weighted by Crippen LogP contribution is -2.17. The second kappa shape index (κ2) is 6.20. The molecule has 1 heterocycles. The Morgan fingerprint density at radius 2 is 1.68 bits per heavy atom. The molecular weight excluding hydrogens is 318 g/mol. The van der Waals surface area contributed by atoms with E-state index in [2.05, 4.69) is 10.2 Å². The van der Waals surface area contributed by atoms with Crippen LogP contribution in [-0.4, -0.2) is 31.2 Å². The summed E-state index contributed by atoms with van der Waals surface area (Å²) < 4.78 is 0. The van der Waals surface area contributed by atoms with E-state index in [1.807, 2.05) is 51.1 Å². The van der Waals surface area contributed by atoms with E-state index in [0.717, 1.165) is 22.2 Å². The maximum absolute atomic E-state index is 10.9. The normalized spacial score (nSPS) is 11.8. The molecule has 3 aromatic rings. The summed E-state index contributed by atoms with van der Waals surface area (Å²) >= 11 is 0. The number of nitrogens with zero attached hydrogens (tertiary/aromatic N) is 3. The molecule has 25 heavy (non-hydrogen) atoms. The summed E-state index contributed by atoms with van der Waals surface area (Å²) in [4.78, 5) is 12.3. The van der Waals surface area contributed by atoms with Crippen LogP contribution in [-0.2, 0) is 16.6 Å². The number of hydrogen-bond donors (Lipinski definition) is 2. The van der Waals surface area contributed by atoms with Crippen LogP contribution in [0.15, 0.2) is 36.4 Å². The van der Waals surface area contributed by atoms with Crippen molar-refractivity contribution in [1.29, 1.82) is 0 Å². The molecular formula is C19H21N3O3. The molecule has 0 aliphatic rings. The van der Waals surface area contributed by atoms with Gasteiger partial charge in [-0.25, -0.2) is 0 Å². The molecule has 2 N–H and O–H groups in total. The van der Waals surface area contributed by atoms with Gasteiger partial charge in [0.1, 0.15) is 22.5 Å². The van der Waals surface area contributed by atoms with Crippen LogP contribution in [0.4, 0.5) is 0 Å². The molecule has 0 fully saturated rings. The van der Waals surface area contributed by atoms with Crippen molar-refractivity contribution in [3.05, 3.63) is 47.5 Å². The van der Waals surface area contributed by atoms with Gasteiger partial charge in [0.2, 0.25) is 0 Å². The maximum Gasteiger partial charge on any atom is 0.303 e. The average Bonchev–Trinajstić information content (AvgIpc) is 2.95. The molecule has 6 nitrogen and oxygen atoms in total. The molecule has 0 saturated carbocycles. The maximum atomic E-state index is 10.9. The summed E-state index contributed by atoms with van der Waals surface area (Å²) in [5, 5.41) is 28.7. The quantitative estimate of drug-likeness (QED) is 0.760. The molecule has 0 aliphatic heterocycles. The number of fused-ring (bicyclic) bond motifs is 1. The fourth-order valence-electron chi connectivity index (χ4n) is 3.04. The number of aliphatic carboxylic acids is 1. The number of aryl methyl sites for hydroxylation is 1. The van der Waals surface area contributed by atoms with Crippen LogP contribution in [0, 0.1) is 0 Å². The lowest BCUT2D eigenvalue weighted by Gasteiger charge is -2.25. The summed E-state index contributed by atoms with van der Waals surface area (Å²) in [6.07, 6.45) is 0.385. The van der Waals surface area contributed by atoms with Crippen molar-refractivity contribution >= 4 is 17.0 Å². The molecule has 0 spiro atoms. The highest BCUT2D eigenvalue weighted by Crippen LogP contribution is 2.38. The Labute approximate surface area is 145 Å². The van der Waals surface area contributed by atoms with Crippen molar-refractivity contribution in [3.8, 4) is 11.4 Å². The van der Waals surface area contributed by atoms with Crippen molar-refractivity contribution in [2.75, 3.05) is 0 Å². The number of phenolic OH excluding ortho intramolecular Hbond substituents is 1. The number of benzene rings is 2. The Balaban J connectivity index is 2.13. The molecule has 3 rings (SSSR count). The van der Waals surface area contributed by atoms with E-state index in [0.29, 0.717) is 12.1 Å². The Bertz CT molecular complexity index is 906. The second-order valence-corrected chi connectivity index (χ2v) is 7.09. The third-order valence-electron chi connectivity index (χ3n) is 4.10. The van der Waals surface area contributed by atoms with E-state index in [-0.39, 0.29) is 17.6 Å². The van der Waals surface area contributed by atoms with Gasteiger partial charge in [0.15, 0.2) is 0 Å². The fourth-order valence-corrected chi connectivity index (χ4v) is 3.04. The smallest absolute Gasteiger partial charge is 0.303 e. The van der Waals surface area contributed by atoms with Gasteiger partial charge in [-0.1, -0.05) is 39.0 Å². The van der Waals surface area contributed by atoms with Crippen molar-refractivity contribution in [2.45, 2.75) is 39.0 Å². The zero-order chi connectivity index (χ0) is 18.2. The minimum atomic E-state index is -0.858. The summed E-state index contributed by atoms with van der Waals surface area (Å²) in [6.45, 7) is 5.97. The predicted octanol–water partition coefficient (Wildman–Crippen LogP) is 3.44. The van der Waals surface area contributed by atoms with Gasteiger partial charge in [-0.2, -0.15) is 0 Å². The first kappa shape index (κ1) is 17.0. The van der Waals surface area contributed by atoms with Crippen LogP contribution in [0.5, 0.6) is 5.75 Å². The van der Waals surface area contributed by atoms with Crippen LogP contribution < -0.4 is 0 Å². The van der Waals surface area contributed by atoms with Crippen molar-refractivity contribution in [1.82, 2.24) is 15.0 Å². The van der Waals surface area contributed by atoms with Gasteiger partial charge >= 0.3 is 5.97 Å². The molecule has 0 atom stereocenters. The highest BCUT2D eigenvalue weighted by atomic mass is 16.4. The van der Waals surface area contributed by atoms with E-state index < -0.39 is 5.97 Å². The van der Waals surface area contributed by atoms with E-state index in [1.54, 1.807) is 6.07 Å². The van der Waals surface area contributed by atoms with Gasteiger partial charge in [-0.3, -0.25) is 4.79 Å². The van der Waals surface area contributed by atoms with Crippen LogP contribution in [0.2, 0.25) is 0 Å². The van der Waals surface area contributed by atoms with Crippen LogP contribution >= 0.6 is 0 Å². The molecule has 2 aromatic carbocycles. The van der Waals surface area contributed by atoms with E-state index in [9.17, 15) is 9.90 Å². The first-order chi connectivity index (χ1) is 11.8. The molecule has 0 saturated heterocycles. The van der Waals surface area contributed by atoms with E-state index >= 15 is 0 Å². The lowest BCUT2D eigenvalue weighted by atomic mass is 9.81. The number of carboxylic acids is 1. The van der Waals surface area contributed by atoms with Crippen molar-refractivity contribution in [2.24, 2.45) is 0 Å². The molecule has 6 heteroatoms. The number of carbonyl (C=O) groups is 1. The van der Waals surface area contributed by atoms with Gasteiger partial charge in [0.25, 0.3) is 0 Å². The number of carboxylic acid groups (broad SMARTS) is 1. The molecule has 0 bridgehead atoms. The number of aromatic hydroxyl groups is 1. The third-order valence-corrected chi connectivity index (χ3v) is 4.10. The standard InChI is InChI=1S/C19H21N3O3/c1-19(2,3)17-12(9-11-16(23)24)8-10-15(18(17)25)22-20-13-6-4-5-7-14(13)21-22/h4-8,10,25H,9,11H2,1-3H3,(H,23,24). The van der Waals surface area contributed by atoms with Gasteiger partial charge < -0.3 is 10.2 Å². The van der Waals surface area contributed by atoms with E-state index in [4.69, 9.17) is 5.11 Å². The summed E-state index contributed by atoms with van der Waals surface area (Å²) in [5.74, 6) is -0.765. The summed E-state index contributed by atoms with van der Waals surface area (Å²) in [7, 11) is 0. The Morgan fingerprint density at radius 3 is 2.20 bits per heavy atom. The third kappa shape index (κ3) is 3.33. The molecule has 0 amide bonds. The summed E-state index contributed by atoms with van der Waals surface area (Å²) in [6, 6.07) is 11.1. The monoisotopic (exact) mass is 339 g/mol. The van der Waals surface area contributed by atoms with Crippen molar-refractivity contribution < 1.29 is 15.0 Å². The predicted molar refractivity (Wildman–Crippen MR) is 95.2 cm³/mol. The minimum Gasteiger partial charge on any atom is -0.505 e. The Kier molecular flexibility index (Phi) is 4.20. The SMILES string of the molecule is CC(C)(C)c1c(CCC(=O)O)ccc(-n2nc3ccccc3n2)c1O. The molecule has 0 radical (unpaired) electrons. The van der Waals surface area contributed by atoms with Crippen LogP contribution in [0.3, 0.4) is 0 Å². The minimum absolute atomic E-state index is 0.0196. The van der Waals surface area contributed by atoms with Gasteiger partial charge in [0.05, 0.1) is 0 Å². The Hall–Kier alpha value is -2.89. The lowest BCUT2D eigenvalue weighted by molar-refractivity contribution is -0.136. The summed E-state index contributed by atoms with van der Waals surface area (Å²) in [5.41, 5.74) is 3.18. The zero-order valence-electron chi connectivity index (χ0n) is 14.5. The van der Waals surface area contributed by atoms with Gasteiger partial charge in [-0.05, 0) is 35.6 Å². The number of rotatable bonds is 4. The van der Waals surface area contributed by atoms with Gasteiger partial charge in [-0.15, -0.1) is 15.0 Å². The highest BCUT2D eigenvalue weighted by molar-refractivity contribution is 5.74. The van der Waals surface area contributed by atoms with Crippen LogP contribution in [0.1, 0.15) is 38.3 Å². The topological polar surface area (TPSA) is 88.2 Å². The molecule has 0 unspecified atom stereocenters. The number of hydrogen-bond acceptors (Lipinski definition) is 4. The number of phenols is 1. The fraction of sp³-hybridized carbons (Fsp3) is 0.316. The highest BCUT2D eigenvalue weighted by Gasteiger charge is 2.25. The number of aromatic nitrogens is 3. The second-order valence-electron chi connectivity index (χ2n) is 7.09. The largest absolute Gasteiger partial charge is 0.505 e. The molecule has 0 aliphatic carbocycles. The zero-order valence-corrected chi connectivity index (χ0v) is 14.5. The molecule has 1 aromatic heterocycles.